The molecule has 7 nitrogen and oxygen atoms in total. The number of ether oxygens (including phenoxy) is 3. The van der Waals surface area contributed by atoms with Crippen molar-refractivity contribution in [1.29, 1.82) is 0 Å². The van der Waals surface area contributed by atoms with Crippen molar-refractivity contribution in [3.8, 4) is 17.2 Å². The molecule has 0 aromatic heterocycles. The second-order valence-corrected chi connectivity index (χ2v) is 7.95. The summed E-state index contributed by atoms with van der Waals surface area (Å²) in [5.41, 5.74) is 2.20. The Balaban J connectivity index is 2.04. The zero-order valence-electron chi connectivity index (χ0n) is 15.7. The Labute approximate surface area is 159 Å². The lowest BCUT2D eigenvalue weighted by Gasteiger charge is -2.23. The van der Waals surface area contributed by atoms with E-state index in [4.69, 9.17) is 14.2 Å². The molecule has 3 rings (SSSR count). The third-order valence-corrected chi connectivity index (χ3v) is 5.44. The van der Waals surface area contributed by atoms with Gasteiger partial charge in [0.25, 0.3) is 0 Å². The van der Waals surface area contributed by atoms with Crippen LogP contribution in [0.25, 0.3) is 0 Å². The van der Waals surface area contributed by atoms with Gasteiger partial charge in [0.15, 0.2) is 11.5 Å². The molecule has 1 aliphatic rings. The predicted octanol–water partition coefficient (Wildman–Crippen LogP) is 2.82. The fourth-order valence-electron chi connectivity index (χ4n) is 3.16. The molecule has 0 bridgehead atoms. The number of nitrogens with zero attached hydrogens (tertiary/aromatic N) is 2. The van der Waals surface area contributed by atoms with E-state index >= 15 is 0 Å². The number of rotatable bonds is 6. The number of hydrazone groups is 1. The van der Waals surface area contributed by atoms with Crippen molar-refractivity contribution in [1.82, 2.24) is 4.41 Å². The van der Waals surface area contributed by atoms with Crippen LogP contribution in [-0.4, -0.2) is 46.1 Å². The Hall–Kier alpha value is -2.74. The van der Waals surface area contributed by atoms with Crippen molar-refractivity contribution in [3.05, 3.63) is 53.6 Å². The highest BCUT2D eigenvalue weighted by atomic mass is 32.2. The summed E-state index contributed by atoms with van der Waals surface area (Å²) in [6.45, 7) is 0. The summed E-state index contributed by atoms with van der Waals surface area (Å²) < 4.78 is 41.9. The fraction of sp³-hybridized carbons (Fsp3) is 0.316. The van der Waals surface area contributed by atoms with Crippen LogP contribution >= 0.6 is 0 Å². The average molecular weight is 390 g/mol. The van der Waals surface area contributed by atoms with Crippen molar-refractivity contribution in [2.75, 3.05) is 27.6 Å². The highest BCUT2D eigenvalue weighted by Crippen LogP contribution is 2.39. The van der Waals surface area contributed by atoms with Crippen molar-refractivity contribution in [2.24, 2.45) is 5.10 Å². The third kappa shape index (κ3) is 3.71. The van der Waals surface area contributed by atoms with Crippen molar-refractivity contribution in [2.45, 2.75) is 12.5 Å². The summed E-state index contributed by atoms with van der Waals surface area (Å²) in [6, 6.07) is 12.3. The molecule has 0 amide bonds. The van der Waals surface area contributed by atoms with E-state index in [9.17, 15) is 8.42 Å². The lowest BCUT2D eigenvalue weighted by atomic mass is 9.98. The maximum atomic E-state index is 12.4. The largest absolute Gasteiger partial charge is 0.496 e. The molecule has 27 heavy (non-hydrogen) atoms. The first-order valence-corrected chi connectivity index (χ1v) is 10.2. The highest BCUT2D eigenvalue weighted by Gasteiger charge is 2.36. The molecule has 0 radical (unpaired) electrons. The van der Waals surface area contributed by atoms with E-state index in [1.807, 2.05) is 30.3 Å². The minimum atomic E-state index is -3.56. The van der Waals surface area contributed by atoms with Crippen molar-refractivity contribution in [3.63, 3.8) is 0 Å². The molecule has 1 atom stereocenters. The molecule has 1 unspecified atom stereocenters. The van der Waals surface area contributed by atoms with Gasteiger partial charge in [-0.3, -0.25) is 0 Å². The molecule has 0 aliphatic carbocycles. The molecule has 0 saturated heterocycles. The van der Waals surface area contributed by atoms with Crippen LogP contribution in [0.5, 0.6) is 17.2 Å². The van der Waals surface area contributed by atoms with Gasteiger partial charge < -0.3 is 14.2 Å². The van der Waals surface area contributed by atoms with Gasteiger partial charge in [0.1, 0.15) is 5.75 Å². The molecule has 1 aliphatic heterocycles. The van der Waals surface area contributed by atoms with Crippen molar-refractivity contribution >= 4 is 15.7 Å². The normalized spacial score (nSPS) is 16.8. The zero-order chi connectivity index (χ0) is 19.6. The standard InChI is InChI=1S/C19H22N2O5S/c1-24-17-8-6-5-7-14(17)16-12-15(20-21(16)27(4,22)23)13-9-10-18(25-2)19(11-13)26-3/h5-11,16H,12H2,1-4H3. The van der Waals surface area contributed by atoms with Gasteiger partial charge in [0.2, 0.25) is 10.0 Å². The van der Waals surface area contributed by atoms with Crippen LogP contribution in [-0.2, 0) is 10.0 Å². The van der Waals surface area contributed by atoms with E-state index in [1.54, 1.807) is 33.5 Å². The van der Waals surface area contributed by atoms with E-state index in [0.717, 1.165) is 21.8 Å². The van der Waals surface area contributed by atoms with Crippen LogP contribution in [0.15, 0.2) is 47.6 Å². The first-order valence-electron chi connectivity index (χ1n) is 8.31. The summed E-state index contributed by atoms with van der Waals surface area (Å²) in [4.78, 5) is 0. The number of para-hydroxylation sites is 1. The smallest absolute Gasteiger partial charge is 0.247 e. The minimum absolute atomic E-state index is 0.420. The fourth-order valence-corrected chi connectivity index (χ4v) is 4.06. The number of hydrogen-bond donors (Lipinski definition) is 0. The van der Waals surface area contributed by atoms with Gasteiger partial charge in [-0.1, -0.05) is 18.2 Å². The number of benzene rings is 2. The summed E-state index contributed by atoms with van der Waals surface area (Å²) in [5.74, 6) is 1.78. The first-order chi connectivity index (χ1) is 12.9. The number of methoxy groups -OCH3 is 3. The lowest BCUT2D eigenvalue weighted by molar-refractivity contribution is 0.352. The van der Waals surface area contributed by atoms with Crippen LogP contribution in [0.1, 0.15) is 23.6 Å². The Morgan fingerprint density at radius 3 is 2.26 bits per heavy atom. The molecule has 0 fully saturated rings. The Kier molecular flexibility index (Phi) is 5.27. The molecule has 8 heteroatoms. The van der Waals surface area contributed by atoms with E-state index in [0.29, 0.717) is 29.4 Å². The highest BCUT2D eigenvalue weighted by molar-refractivity contribution is 7.88. The van der Waals surface area contributed by atoms with E-state index in [-0.39, 0.29) is 0 Å². The molecule has 1 heterocycles. The van der Waals surface area contributed by atoms with Gasteiger partial charge >= 0.3 is 0 Å². The minimum Gasteiger partial charge on any atom is -0.496 e. The Morgan fingerprint density at radius 2 is 1.63 bits per heavy atom. The summed E-state index contributed by atoms with van der Waals surface area (Å²) in [5, 5.41) is 4.40. The summed E-state index contributed by atoms with van der Waals surface area (Å²) in [7, 11) is 1.12. The Morgan fingerprint density at radius 1 is 0.963 bits per heavy atom. The van der Waals surface area contributed by atoms with Crippen LogP contribution in [0, 0.1) is 0 Å². The molecular formula is C19H22N2O5S. The van der Waals surface area contributed by atoms with Crippen LogP contribution in [0.2, 0.25) is 0 Å². The molecule has 2 aromatic carbocycles. The topological polar surface area (TPSA) is 77.4 Å². The first kappa shape index (κ1) is 19.0. The summed E-state index contributed by atoms with van der Waals surface area (Å²) in [6.07, 6.45) is 1.57. The van der Waals surface area contributed by atoms with Gasteiger partial charge in [-0.25, -0.2) is 8.42 Å². The van der Waals surface area contributed by atoms with Crippen LogP contribution in [0.3, 0.4) is 0 Å². The van der Waals surface area contributed by atoms with Crippen LogP contribution < -0.4 is 14.2 Å². The second-order valence-electron chi connectivity index (χ2n) is 6.11. The van der Waals surface area contributed by atoms with E-state index < -0.39 is 16.1 Å². The molecule has 0 spiro atoms. The van der Waals surface area contributed by atoms with E-state index in [1.165, 1.54) is 0 Å². The maximum absolute atomic E-state index is 12.4. The molecule has 2 aromatic rings. The van der Waals surface area contributed by atoms with Gasteiger partial charge in [-0.15, -0.1) is 0 Å². The van der Waals surface area contributed by atoms with Gasteiger partial charge in [-0.2, -0.15) is 9.52 Å². The number of sulfonamides is 1. The van der Waals surface area contributed by atoms with Crippen molar-refractivity contribution < 1.29 is 22.6 Å². The quantitative estimate of drug-likeness (QED) is 0.758. The summed E-state index contributed by atoms with van der Waals surface area (Å²) >= 11 is 0. The maximum Gasteiger partial charge on any atom is 0.247 e. The predicted molar refractivity (Wildman–Crippen MR) is 103 cm³/mol. The second kappa shape index (κ2) is 7.48. The number of hydrogen-bond acceptors (Lipinski definition) is 6. The lowest BCUT2D eigenvalue weighted by Crippen LogP contribution is -2.26. The van der Waals surface area contributed by atoms with Gasteiger partial charge in [0.05, 0.1) is 39.3 Å². The zero-order valence-corrected chi connectivity index (χ0v) is 16.5. The van der Waals surface area contributed by atoms with Crippen LogP contribution in [0.4, 0.5) is 0 Å². The monoisotopic (exact) mass is 390 g/mol. The third-order valence-electron chi connectivity index (χ3n) is 4.43. The molecular weight excluding hydrogens is 368 g/mol. The molecule has 0 saturated carbocycles. The van der Waals surface area contributed by atoms with Gasteiger partial charge in [0, 0.05) is 17.5 Å². The van der Waals surface area contributed by atoms with E-state index in [2.05, 4.69) is 5.10 Å². The SMILES string of the molecule is COc1ccc(C2=NN(S(C)(=O)=O)C(c3ccccc3OC)C2)cc1OC. The van der Waals surface area contributed by atoms with Gasteiger partial charge in [-0.05, 0) is 24.3 Å². The molecule has 0 N–H and O–H groups in total. The molecule has 144 valence electrons. The Bertz CT molecular complexity index is 972. The average Bonchev–Trinajstić information content (AvgIpc) is 3.13.